The van der Waals surface area contributed by atoms with Gasteiger partial charge in [-0.1, -0.05) is 23.6 Å². The van der Waals surface area contributed by atoms with Crippen LogP contribution in [0, 0.1) is 0 Å². The van der Waals surface area contributed by atoms with Gasteiger partial charge in [0.2, 0.25) is 0 Å². The van der Waals surface area contributed by atoms with Crippen LogP contribution < -0.4 is 0 Å². The molecule has 3 aromatic rings. The molecule has 2 atom stereocenters. The molecule has 1 amide bonds. The predicted molar refractivity (Wildman–Crippen MR) is 133 cm³/mol. The average molecular weight is 611 g/mol. The minimum atomic E-state index is -5.13. The molecule has 1 aliphatic carbocycles. The van der Waals surface area contributed by atoms with E-state index in [1.807, 2.05) is 0 Å². The fourth-order valence-electron chi connectivity index (χ4n) is 4.74. The summed E-state index contributed by atoms with van der Waals surface area (Å²) in [6, 6.07) is 7.85. The molecule has 0 saturated carbocycles. The Balaban J connectivity index is 1.51. The molecule has 0 radical (unpaired) electrons. The Bertz CT molecular complexity index is 1670. The maximum atomic E-state index is 13.6. The number of aromatic nitrogens is 2. The number of ether oxygens (including phenoxy) is 1. The monoisotopic (exact) mass is 611 g/mol. The number of nitrogens with zero attached hydrogens (tertiary/aromatic N) is 3. The van der Waals surface area contributed by atoms with E-state index in [0.717, 1.165) is 11.0 Å². The van der Waals surface area contributed by atoms with Gasteiger partial charge in [-0.3, -0.25) is 4.90 Å². The van der Waals surface area contributed by atoms with Crippen LogP contribution in [0.15, 0.2) is 89.6 Å². The maximum absolute atomic E-state index is 13.6. The van der Waals surface area contributed by atoms with Gasteiger partial charge < -0.3 is 4.74 Å². The van der Waals surface area contributed by atoms with E-state index >= 15 is 0 Å². The van der Waals surface area contributed by atoms with Gasteiger partial charge in [-0.15, -0.1) is 0 Å². The van der Waals surface area contributed by atoms with Gasteiger partial charge in [0.25, 0.3) is 0 Å². The largest absolute Gasteiger partial charge is 0.439 e. The molecule has 1 saturated heterocycles. The highest BCUT2D eigenvalue weighted by atomic mass is 19.4. The van der Waals surface area contributed by atoms with Crippen LogP contribution in [0.3, 0.4) is 0 Å². The van der Waals surface area contributed by atoms with Gasteiger partial charge in [0, 0.05) is 18.0 Å². The first-order valence-corrected chi connectivity index (χ1v) is 12.4. The van der Waals surface area contributed by atoms with E-state index in [4.69, 9.17) is 4.74 Å². The molecule has 5 nitrogen and oxygen atoms in total. The number of hydrogen-bond donors (Lipinski definition) is 0. The van der Waals surface area contributed by atoms with Crippen molar-refractivity contribution in [3.8, 4) is 5.69 Å². The zero-order valence-corrected chi connectivity index (χ0v) is 21.8. The second kappa shape index (κ2) is 10.6. The first kappa shape index (κ1) is 29.8. The Morgan fingerprint density at radius 2 is 1.56 bits per heavy atom. The minimum Gasteiger partial charge on any atom is -0.439 e. The lowest BCUT2D eigenvalue weighted by atomic mass is 9.92. The third-order valence-corrected chi connectivity index (χ3v) is 6.84. The number of hydrogen-bond acceptors (Lipinski definition) is 3. The Morgan fingerprint density at radius 3 is 2.14 bits per heavy atom. The zero-order chi connectivity index (χ0) is 31.3. The van der Waals surface area contributed by atoms with Crippen molar-refractivity contribution in [2.45, 2.75) is 37.6 Å². The van der Waals surface area contributed by atoms with E-state index in [2.05, 4.69) is 16.6 Å². The van der Waals surface area contributed by atoms with E-state index < -0.39 is 65.6 Å². The molecule has 2 aliphatic rings. The van der Waals surface area contributed by atoms with Crippen LogP contribution in [-0.2, 0) is 17.1 Å². The van der Waals surface area contributed by atoms with Crippen LogP contribution in [-0.4, -0.2) is 39.5 Å². The van der Waals surface area contributed by atoms with Crippen LogP contribution in [0.5, 0.6) is 0 Å². The minimum absolute atomic E-state index is 0.0542. The summed E-state index contributed by atoms with van der Waals surface area (Å²) in [6.07, 6.45) is -13.9. The maximum Gasteiger partial charge on any atom is 0.424 e. The first-order chi connectivity index (χ1) is 20.0. The SMILES string of the molecule is C[C@H]1[C@@H](c2cc(C(F)(F)F)cc(C(F)(F)F)c2)OC(=O)N1CC1=CC(C(F)(F)F)=C=C=C1c1cccc(-n2cccn2)c1. The second-order valence-corrected chi connectivity index (χ2v) is 9.72. The lowest BCUT2D eigenvalue weighted by molar-refractivity contribution is -0.143. The summed E-state index contributed by atoms with van der Waals surface area (Å²) >= 11 is 0. The van der Waals surface area contributed by atoms with Gasteiger partial charge in [0.05, 0.1) is 29.4 Å². The number of carbonyl (C=O) groups excluding carboxylic acids is 1. The summed E-state index contributed by atoms with van der Waals surface area (Å²) in [4.78, 5) is 13.8. The number of cyclic esters (lactones) is 1. The quantitative estimate of drug-likeness (QED) is 0.217. The molecule has 224 valence electrons. The van der Waals surface area contributed by atoms with Crippen LogP contribution in [0.1, 0.15) is 35.3 Å². The topological polar surface area (TPSA) is 47.4 Å². The predicted octanol–water partition coefficient (Wildman–Crippen LogP) is 8.06. The number of carbonyl (C=O) groups is 1. The highest BCUT2D eigenvalue weighted by Gasteiger charge is 2.44. The lowest BCUT2D eigenvalue weighted by Crippen LogP contribution is -2.34. The highest BCUT2D eigenvalue weighted by Crippen LogP contribution is 2.42. The Hall–Kier alpha value is -4.67. The Morgan fingerprint density at radius 1 is 0.884 bits per heavy atom. The third-order valence-electron chi connectivity index (χ3n) is 6.84. The van der Waals surface area contributed by atoms with Crippen LogP contribution in [0.4, 0.5) is 44.3 Å². The van der Waals surface area contributed by atoms with Crippen molar-refractivity contribution in [1.82, 2.24) is 14.7 Å². The standard InChI is InChI=1S/C29H18F9N3O2/c1-16-25(18-10-21(28(33,34)35)14-22(11-18)29(36,37)38)43-26(42)40(16)15-19-12-20(27(30,31)32)6-7-24(19)17-4-2-5-23(13-17)41-9-3-8-39-41/h2-5,8-14,16,25H,15H2,1H3/t16-,25-/m0/s1. The molecule has 2 aromatic carbocycles. The van der Waals surface area contributed by atoms with Crippen molar-refractivity contribution < 1.29 is 49.0 Å². The number of halogens is 9. The molecule has 0 N–H and O–H groups in total. The second-order valence-electron chi connectivity index (χ2n) is 9.72. The number of amides is 1. The summed E-state index contributed by atoms with van der Waals surface area (Å²) in [6.45, 7) is 0.779. The van der Waals surface area contributed by atoms with Crippen LogP contribution in [0.2, 0.25) is 0 Å². The molecular weight excluding hydrogens is 593 g/mol. The molecule has 1 aromatic heterocycles. The van der Waals surface area contributed by atoms with E-state index in [0.29, 0.717) is 23.4 Å². The van der Waals surface area contributed by atoms with Crippen molar-refractivity contribution in [3.63, 3.8) is 0 Å². The number of alkyl halides is 9. The van der Waals surface area contributed by atoms with E-state index in [1.165, 1.54) is 17.8 Å². The zero-order valence-electron chi connectivity index (χ0n) is 21.8. The normalized spacial score (nSPS) is 19.3. The van der Waals surface area contributed by atoms with Gasteiger partial charge in [-0.2, -0.15) is 44.6 Å². The highest BCUT2D eigenvalue weighted by molar-refractivity contribution is 5.83. The smallest absolute Gasteiger partial charge is 0.424 e. The van der Waals surface area contributed by atoms with Crippen LogP contribution in [0.25, 0.3) is 11.3 Å². The fourth-order valence-corrected chi connectivity index (χ4v) is 4.74. The fraction of sp³-hybridized carbons (Fsp3) is 0.241. The first-order valence-electron chi connectivity index (χ1n) is 12.4. The Kier molecular flexibility index (Phi) is 7.32. The number of benzene rings is 2. The molecule has 43 heavy (non-hydrogen) atoms. The van der Waals surface area contributed by atoms with Gasteiger partial charge >= 0.3 is 24.6 Å². The van der Waals surface area contributed by atoms with Crippen LogP contribution >= 0.6 is 0 Å². The van der Waals surface area contributed by atoms with E-state index in [-0.39, 0.29) is 17.2 Å². The van der Waals surface area contributed by atoms with Gasteiger partial charge in [-0.05, 0) is 66.1 Å². The molecular formula is C29H18F9N3O2. The number of allylic oxidation sites excluding steroid dienone is 2. The van der Waals surface area contributed by atoms with Gasteiger partial charge in [-0.25, -0.2) is 9.48 Å². The van der Waals surface area contributed by atoms with Crippen molar-refractivity contribution >= 4 is 11.7 Å². The molecule has 0 spiro atoms. The average Bonchev–Trinajstić information content (AvgIpc) is 3.56. The summed E-state index contributed by atoms with van der Waals surface area (Å²) < 4.78 is 128. The van der Waals surface area contributed by atoms with E-state index in [1.54, 1.807) is 36.5 Å². The molecule has 1 fully saturated rings. The molecule has 0 unspecified atom stereocenters. The third kappa shape index (κ3) is 6.11. The number of rotatable bonds is 5. The van der Waals surface area contributed by atoms with Gasteiger partial charge in [0.15, 0.2) is 0 Å². The van der Waals surface area contributed by atoms with Crippen molar-refractivity contribution in [1.29, 1.82) is 0 Å². The Labute approximate surface area is 237 Å². The molecule has 14 heteroatoms. The van der Waals surface area contributed by atoms with Crippen molar-refractivity contribution in [2.24, 2.45) is 0 Å². The molecule has 1 aliphatic heterocycles. The van der Waals surface area contributed by atoms with Crippen molar-refractivity contribution in [2.75, 3.05) is 6.54 Å². The molecule has 0 bridgehead atoms. The van der Waals surface area contributed by atoms with Gasteiger partial charge in [0.1, 0.15) is 11.7 Å². The summed E-state index contributed by atoms with van der Waals surface area (Å²) in [5.41, 5.74) is 0.619. The molecule has 2 heterocycles. The lowest BCUT2D eigenvalue weighted by Gasteiger charge is -2.25. The summed E-state index contributed by atoms with van der Waals surface area (Å²) in [5.74, 6) is 0. The molecule has 5 rings (SSSR count). The summed E-state index contributed by atoms with van der Waals surface area (Å²) in [7, 11) is 0. The summed E-state index contributed by atoms with van der Waals surface area (Å²) in [5, 5.41) is 4.11. The van der Waals surface area contributed by atoms with E-state index in [9.17, 15) is 44.3 Å². The van der Waals surface area contributed by atoms with Crippen molar-refractivity contribution in [3.05, 3.63) is 112 Å².